The van der Waals surface area contributed by atoms with Gasteiger partial charge in [0.1, 0.15) is 5.75 Å². The molecule has 0 unspecified atom stereocenters. The van der Waals surface area contributed by atoms with E-state index in [1.165, 1.54) is 81.2 Å². The van der Waals surface area contributed by atoms with Crippen molar-refractivity contribution in [3.05, 3.63) is 42.0 Å². The molecule has 2 heterocycles. The van der Waals surface area contributed by atoms with Gasteiger partial charge in [-0.3, -0.25) is 4.90 Å². The molecule has 28 heavy (non-hydrogen) atoms. The van der Waals surface area contributed by atoms with Gasteiger partial charge in [0, 0.05) is 13.1 Å². The Morgan fingerprint density at radius 2 is 1.61 bits per heavy atom. The number of nitrogens with zero attached hydrogens (tertiary/aromatic N) is 2. The summed E-state index contributed by atoms with van der Waals surface area (Å²) in [4.78, 5) is 5.18. The highest BCUT2D eigenvalue weighted by Crippen LogP contribution is 2.24. The van der Waals surface area contributed by atoms with Crippen molar-refractivity contribution < 1.29 is 4.74 Å². The highest BCUT2D eigenvalue weighted by molar-refractivity contribution is 5.84. The van der Waals surface area contributed by atoms with Gasteiger partial charge in [0.05, 0.1) is 6.61 Å². The smallest absolute Gasteiger partial charge is 0.119 e. The van der Waals surface area contributed by atoms with E-state index in [0.29, 0.717) is 0 Å². The molecule has 0 spiro atoms. The summed E-state index contributed by atoms with van der Waals surface area (Å²) < 4.78 is 6.03. The van der Waals surface area contributed by atoms with Crippen LogP contribution in [0.3, 0.4) is 0 Å². The number of ether oxygens (including phenoxy) is 1. The number of hydrogen-bond acceptors (Lipinski definition) is 3. The van der Waals surface area contributed by atoms with Crippen molar-refractivity contribution in [2.24, 2.45) is 5.92 Å². The van der Waals surface area contributed by atoms with Crippen LogP contribution in [0.1, 0.15) is 51.0 Å². The van der Waals surface area contributed by atoms with E-state index in [9.17, 15) is 0 Å². The van der Waals surface area contributed by atoms with Gasteiger partial charge in [-0.15, -0.1) is 0 Å². The minimum Gasteiger partial charge on any atom is -0.494 e. The van der Waals surface area contributed by atoms with E-state index in [0.717, 1.165) is 31.2 Å². The monoisotopic (exact) mass is 380 g/mol. The normalized spacial score (nSPS) is 19.9. The van der Waals surface area contributed by atoms with Crippen molar-refractivity contribution in [1.82, 2.24) is 9.80 Å². The Morgan fingerprint density at radius 1 is 0.857 bits per heavy atom. The Kier molecular flexibility index (Phi) is 6.87. The van der Waals surface area contributed by atoms with Gasteiger partial charge in [0.25, 0.3) is 0 Å². The standard InChI is InChI=1S/C25H36N2O/c1-21-10-15-27(16-11-21)20-22-6-7-24-19-25(9-8-23(24)18-22)28-17-5-14-26-12-3-2-4-13-26/h6-9,18-19,21H,2-5,10-17,20H2,1H3. The molecule has 4 rings (SSSR count). The molecule has 0 saturated carbocycles. The summed E-state index contributed by atoms with van der Waals surface area (Å²) in [6.07, 6.45) is 7.93. The molecule has 2 saturated heterocycles. The largest absolute Gasteiger partial charge is 0.494 e. The predicted octanol–water partition coefficient (Wildman–Crippen LogP) is 5.33. The maximum Gasteiger partial charge on any atom is 0.119 e. The lowest BCUT2D eigenvalue weighted by molar-refractivity contribution is 0.185. The van der Waals surface area contributed by atoms with Crippen LogP contribution >= 0.6 is 0 Å². The van der Waals surface area contributed by atoms with E-state index in [1.54, 1.807) is 0 Å². The zero-order valence-corrected chi connectivity index (χ0v) is 17.5. The second-order valence-corrected chi connectivity index (χ2v) is 8.91. The van der Waals surface area contributed by atoms with Gasteiger partial charge in [0.2, 0.25) is 0 Å². The Morgan fingerprint density at radius 3 is 2.43 bits per heavy atom. The number of likely N-dealkylation sites (tertiary alicyclic amines) is 2. The third kappa shape index (κ3) is 5.48. The molecule has 0 atom stereocenters. The van der Waals surface area contributed by atoms with Gasteiger partial charge in [0.15, 0.2) is 0 Å². The molecule has 2 fully saturated rings. The van der Waals surface area contributed by atoms with Crippen LogP contribution in [0.5, 0.6) is 5.75 Å². The number of fused-ring (bicyclic) bond motifs is 1. The van der Waals surface area contributed by atoms with Gasteiger partial charge in [-0.1, -0.05) is 31.5 Å². The Labute approximate surface area is 170 Å². The molecule has 0 amide bonds. The minimum absolute atomic E-state index is 0.813. The summed E-state index contributed by atoms with van der Waals surface area (Å²) in [6.45, 7) is 10.5. The summed E-state index contributed by atoms with van der Waals surface area (Å²) in [7, 11) is 0. The molecule has 0 aromatic heterocycles. The molecule has 2 aliphatic heterocycles. The van der Waals surface area contributed by atoms with Crippen LogP contribution in [-0.4, -0.2) is 49.1 Å². The van der Waals surface area contributed by atoms with E-state index in [1.807, 2.05) is 0 Å². The van der Waals surface area contributed by atoms with Gasteiger partial charge in [-0.2, -0.15) is 0 Å². The minimum atomic E-state index is 0.813. The fraction of sp³-hybridized carbons (Fsp3) is 0.600. The average molecular weight is 381 g/mol. The van der Waals surface area contributed by atoms with Crippen LogP contribution < -0.4 is 4.74 Å². The number of benzene rings is 2. The van der Waals surface area contributed by atoms with Crippen molar-refractivity contribution in [3.63, 3.8) is 0 Å². The van der Waals surface area contributed by atoms with Crippen molar-refractivity contribution in [3.8, 4) is 5.75 Å². The second kappa shape index (κ2) is 9.76. The van der Waals surface area contributed by atoms with Crippen molar-refractivity contribution >= 4 is 10.8 Å². The van der Waals surface area contributed by atoms with Gasteiger partial charge >= 0.3 is 0 Å². The molecule has 152 valence electrons. The molecule has 0 radical (unpaired) electrons. The second-order valence-electron chi connectivity index (χ2n) is 8.91. The highest BCUT2D eigenvalue weighted by atomic mass is 16.5. The predicted molar refractivity (Wildman–Crippen MR) is 118 cm³/mol. The van der Waals surface area contributed by atoms with Crippen LogP contribution in [-0.2, 0) is 6.54 Å². The van der Waals surface area contributed by atoms with Gasteiger partial charge in [-0.05, 0) is 98.7 Å². The third-order valence-electron chi connectivity index (χ3n) is 6.49. The lowest BCUT2D eigenvalue weighted by atomic mass is 9.98. The molecular formula is C25H36N2O. The summed E-state index contributed by atoms with van der Waals surface area (Å²) in [5, 5.41) is 2.60. The van der Waals surface area contributed by atoms with Crippen LogP contribution in [0, 0.1) is 5.92 Å². The highest BCUT2D eigenvalue weighted by Gasteiger charge is 2.15. The lowest BCUT2D eigenvalue weighted by Crippen LogP contribution is -2.32. The molecule has 2 aromatic carbocycles. The first kappa shape index (κ1) is 19.7. The summed E-state index contributed by atoms with van der Waals surface area (Å²) in [5.41, 5.74) is 1.43. The maximum absolute atomic E-state index is 6.03. The number of hydrogen-bond donors (Lipinski definition) is 0. The van der Waals surface area contributed by atoms with Gasteiger partial charge < -0.3 is 9.64 Å². The molecule has 0 bridgehead atoms. The van der Waals surface area contributed by atoms with Crippen molar-refractivity contribution in [2.45, 2.75) is 52.0 Å². The zero-order valence-electron chi connectivity index (χ0n) is 17.5. The first-order valence-electron chi connectivity index (χ1n) is 11.4. The average Bonchev–Trinajstić information content (AvgIpc) is 2.74. The fourth-order valence-electron chi connectivity index (χ4n) is 4.60. The molecular weight excluding hydrogens is 344 g/mol. The van der Waals surface area contributed by atoms with E-state index >= 15 is 0 Å². The first-order valence-corrected chi connectivity index (χ1v) is 11.4. The molecule has 2 aromatic rings. The Bertz CT molecular complexity index is 745. The van der Waals surface area contributed by atoms with Crippen molar-refractivity contribution in [1.29, 1.82) is 0 Å². The zero-order chi connectivity index (χ0) is 19.2. The quantitative estimate of drug-likeness (QED) is 0.604. The topological polar surface area (TPSA) is 15.7 Å². The molecule has 2 aliphatic rings. The molecule has 3 heteroatoms. The van der Waals surface area contributed by atoms with Crippen LogP contribution in [0.4, 0.5) is 0 Å². The lowest BCUT2D eigenvalue weighted by Gasteiger charge is -2.30. The SMILES string of the molecule is CC1CCN(Cc2ccc3cc(OCCCN4CCCCC4)ccc3c2)CC1. The molecule has 0 aliphatic carbocycles. The first-order chi connectivity index (χ1) is 13.8. The maximum atomic E-state index is 6.03. The summed E-state index contributed by atoms with van der Waals surface area (Å²) >= 11 is 0. The van der Waals surface area contributed by atoms with E-state index in [4.69, 9.17) is 4.74 Å². The Hall–Kier alpha value is -1.58. The van der Waals surface area contributed by atoms with Crippen LogP contribution in [0.25, 0.3) is 10.8 Å². The van der Waals surface area contributed by atoms with E-state index in [2.05, 4.69) is 53.1 Å². The molecule has 0 N–H and O–H groups in total. The fourth-order valence-corrected chi connectivity index (χ4v) is 4.60. The number of rotatable bonds is 7. The van der Waals surface area contributed by atoms with E-state index in [-0.39, 0.29) is 0 Å². The van der Waals surface area contributed by atoms with Crippen LogP contribution in [0.15, 0.2) is 36.4 Å². The van der Waals surface area contributed by atoms with E-state index < -0.39 is 0 Å². The number of piperidine rings is 2. The Balaban J connectivity index is 1.28. The van der Waals surface area contributed by atoms with Crippen molar-refractivity contribution in [2.75, 3.05) is 39.3 Å². The molecule has 3 nitrogen and oxygen atoms in total. The van der Waals surface area contributed by atoms with Gasteiger partial charge in [-0.25, -0.2) is 0 Å². The summed E-state index contributed by atoms with van der Waals surface area (Å²) in [6, 6.07) is 13.5. The summed E-state index contributed by atoms with van der Waals surface area (Å²) in [5.74, 6) is 1.90. The third-order valence-corrected chi connectivity index (χ3v) is 6.49. The van der Waals surface area contributed by atoms with Crippen LogP contribution in [0.2, 0.25) is 0 Å².